The van der Waals surface area contributed by atoms with Gasteiger partial charge in [-0.25, -0.2) is 0 Å². The zero-order chi connectivity index (χ0) is 20.0. The summed E-state index contributed by atoms with van der Waals surface area (Å²) in [7, 11) is 0. The molecule has 1 amide bonds. The molecule has 0 spiro atoms. The molecule has 0 saturated heterocycles. The average molecular weight is 409 g/mol. The molecular weight excluding hydrogens is 392 g/mol. The van der Waals surface area contributed by atoms with Gasteiger partial charge in [0, 0.05) is 16.8 Å². The molecule has 0 aliphatic heterocycles. The van der Waals surface area contributed by atoms with Crippen LogP contribution in [0.1, 0.15) is 12.5 Å². The van der Waals surface area contributed by atoms with Crippen molar-refractivity contribution in [3.05, 3.63) is 63.2 Å². The summed E-state index contributed by atoms with van der Waals surface area (Å²) in [5.41, 5.74) is 1.15. The molecule has 0 heterocycles. The minimum atomic E-state index is -1.03. The largest absolute Gasteiger partial charge is 0.452 e. The van der Waals surface area contributed by atoms with Crippen LogP contribution in [-0.4, -0.2) is 28.7 Å². The predicted molar refractivity (Wildman–Crippen MR) is 104 cm³/mol. The second-order valence-corrected chi connectivity index (χ2v) is 6.97. The molecule has 0 aromatic heterocycles. The lowest BCUT2D eigenvalue weighted by Gasteiger charge is -2.15. The van der Waals surface area contributed by atoms with Crippen LogP contribution in [0.3, 0.4) is 0 Å². The predicted octanol–water partition coefficient (Wildman–Crippen LogP) is 4.22. The summed E-state index contributed by atoms with van der Waals surface area (Å²) in [6, 6.07) is 11.2. The van der Waals surface area contributed by atoms with Gasteiger partial charge in [0.15, 0.2) is 6.10 Å². The van der Waals surface area contributed by atoms with Crippen LogP contribution in [0.4, 0.5) is 11.4 Å². The number of carbonyl (C=O) groups is 2. The maximum absolute atomic E-state index is 12.2. The fourth-order valence-electron chi connectivity index (χ4n) is 2.13. The van der Waals surface area contributed by atoms with Gasteiger partial charge in [-0.2, -0.15) is 0 Å². The molecule has 27 heavy (non-hydrogen) atoms. The Morgan fingerprint density at radius 1 is 1.26 bits per heavy atom. The molecule has 1 N–H and O–H groups in total. The topological polar surface area (TPSA) is 98.5 Å². The number of hydrogen-bond donors (Lipinski definition) is 1. The van der Waals surface area contributed by atoms with E-state index in [1.807, 2.05) is 0 Å². The van der Waals surface area contributed by atoms with Crippen LogP contribution in [0.2, 0.25) is 5.02 Å². The van der Waals surface area contributed by atoms with Crippen molar-refractivity contribution in [2.75, 3.05) is 11.1 Å². The lowest BCUT2D eigenvalue weighted by atomic mass is 10.2. The lowest BCUT2D eigenvalue weighted by Crippen LogP contribution is -2.30. The molecular formula is C18H17ClN2O5S. The molecule has 2 rings (SSSR count). The molecule has 0 bridgehead atoms. The van der Waals surface area contributed by atoms with Gasteiger partial charge in [0.1, 0.15) is 0 Å². The molecule has 142 valence electrons. The maximum Gasteiger partial charge on any atom is 0.317 e. The van der Waals surface area contributed by atoms with Crippen LogP contribution in [-0.2, 0) is 14.3 Å². The number of para-hydroxylation sites is 1. The van der Waals surface area contributed by atoms with Crippen LogP contribution in [0.25, 0.3) is 0 Å². The standard InChI is InChI=1S/C18H17ClN2O5S/c1-11-13(19)6-5-7-14(11)20-18(23)12(2)26-17(22)10-27-16-9-4-3-8-15(16)21(24)25/h3-9,12H,10H2,1-2H3,(H,20,23)/t12-/m0/s1. The van der Waals surface area contributed by atoms with Crippen molar-refractivity contribution in [2.24, 2.45) is 0 Å². The Bertz CT molecular complexity index is 875. The van der Waals surface area contributed by atoms with E-state index >= 15 is 0 Å². The molecule has 0 fully saturated rings. The number of anilines is 1. The zero-order valence-electron chi connectivity index (χ0n) is 14.6. The van der Waals surface area contributed by atoms with Crippen LogP contribution in [0, 0.1) is 17.0 Å². The van der Waals surface area contributed by atoms with E-state index in [1.54, 1.807) is 43.3 Å². The number of nitrogens with one attached hydrogen (secondary N) is 1. The molecule has 2 aromatic carbocycles. The Balaban J connectivity index is 1.91. The first kappa shape index (κ1) is 20.7. The Hall–Kier alpha value is -2.58. The van der Waals surface area contributed by atoms with E-state index in [1.165, 1.54) is 13.0 Å². The van der Waals surface area contributed by atoms with E-state index in [-0.39, 0.29) is 11.4 Å². The fourth-order valence-corrected chi connectivity index (χ4v) is 3.11. The first-order chi connectivity index (χ1) is 12.8. The van der Waals surface area contributed by atoms with Gasteiger partial charge in [-0.3, -0.25) is 19.7 Å². The van der Waals surface area contributed by atoms with Gasteiger partial charge in [-0.05, 0) is 37.6 Å². The average Bonchev–Trinajstić information content (AvgIpc) is 2.63. The summed E-state index contributed by atoms with van der Waals surface area (Å²) >= 11 is 6.99. The van der Waals surface area contributed by atoms with Crippen LogP contribution >= 0.6 is 23.4 Å². The zero-order valence-corrected chi connectivity index (χ0v) is 16.2. The molecule has 2 aromatic rings. The minimum absolute atomic E-state index is 0.0856. The fraction of sp³-hybridized carbons (Fsp3) is 0.222. The van der Waals surface area contributed by atoms with Crippen LogP contribution in [0.5, 0.6) is 0 Å². The van der Waals surface area contributed by atoms with Crippen molar-refractivity contribution >= 4 is 46.6 Å². The van der Waals surface area contributed by atoms with Gasteiger partial charge in [0.2, 0.25) is 0 Å². The third kappa shape index (κ3) is 5.70. The summed E-state index contributed by atoms with van der Waals surface area (Å²) in [6.07, 6.45) is -1.03. The van der Waals surface area contributed by atoms with Crippen molar-refractivity contribution in [1.29, 1.82) is 0 Å². The maximum atomic E-state index is 12.2. The molecule has 9 heteroatoms. The number of nitrogens with zero attached hydrogens (tertiary/aromatic N) is 1. The van der Waals surface area contributed by atoms with Crippen LogP contribution < -0.4 is 5.32 Å². The quantitative estimate of drug-likeness (QED) is 0.319. The number of carbonyl (C=O) groups excluding carboxylic acids is 2. The Kier molecular flexibility index (Phi) is 7.20. The highest BCUT2D eigenvalue weighted by atomic mass is 35.5. The monoisotopic (exact) mass is 408 g/mol. The number of esters is 1. The summed E-state index contributed by atoms with van der Waals surface area (Å²) in [5.74, 6) is -1.30. The second kappa shape index (κ2) is 9.38. The SMILES string of the molecule is Cc1c(Cl)cccc1NC(=O)[C@H](C)OC(=O)CSc1ccccc1[N+](=O)[O-]. The van der Waals surface area contributed by atoms with Gasteiger partial charge in [-0.15, -0.1) is 11.8 Å². The van der Waals surface area contributed by atoms with Crippen molar-refractivity contribution in [3.63, 3.8) is 0 Å². The number of nitro benzene ring substituents is 1. The molecule has 7 nitrogen and oxygen atoms in total. The summed E-state index contributed by atoms with van der Waals surface area (Å²) in [6.45, 7) is 3.21. The number of hydrogen-bond acceptors (Lipinski definition) is 6. The minimum Gasteiger partial charge on any atom is -0.452 e. The molecule has 0 saturated carbocycles. The van der Waals surface area contributed by atoms with Gasteiger partial charge < -0.3 is 10.1 Å². The van der Waals surface area contributed by atoms with Gasteiger partial charge >= 0.3 is 5.97 Å². The number of amides is 1. The number of nitro groups is 1. The number of ether oxygens (including phenoxy) is 1. The van der Waals surface area contributed by atoms with Crippen molar-refractivity contribution < 1.29 is 19.2 Å². The van der Waals surface area contributed by atoms with Gasteiger partial charge in [0.05, 0.1) is 15.6 Å². The Labute approximate surface area is 165 Å². The van der Waals surface area contributed by atoms with Crippen molar-refractivity contribution in [3.8, 4) is 0 Å². The number of thioether (sulfide) groups is 1. The Morgan fingerprint density at radius 2 is 1.96 bits per heavy atom. The smallest absolute Gasteiger partial charge is 0.317 e. The van der Waals surface area contributed by atoms with E-state index in [0.717, 1.165) is 11.8 Å². The highest BCUT2D eigenvalue weighted by Gasteiger charge is 2.20. The summed E-state index contributed by atoms with van der Waals surface area (Å²) in [5, 5.41) is 14.1. The summed E-state index contributed by atoms with van der Waals surface area (Å²) < 4.78 is 5.10. The third-order valence-corrected chi connectivity index (χ3v) is 5.06. The van der Waals surface area contributed by atoms with Crippen molar-refractivity contribution in [2.45, 2.75) is 24.8 Å². The van der Waals surface area contributed by atoms with E-state index in [2.05, 4.69) is 5.32 Å². The Morgan fingerprint density at radius 3 is 2.67 bits per heavy atom. The molecule has 0 unspecified atom stereocenters. The van der Waals surface area contributed by atoms with Gasteiger partial charge in [-0.1, -0.05) is 29.8 Å². The van der Waals surface area contributed by atoms with E-state index in [0.29, 0.717) is 21.2 Å². The van der Waals surface area contributed by atoms with Gasteiger partial charge in [0.25, 0.3) is 11.6 Å². The summed E-state index contributed by atoms with van der Waals surface area (Å²) in [4.78, 5) is 35.0. The highest BCUT2D eigenvalue weighted by molar-refractivity contribution is 8.00. The van der Waals surface area contributed by atoms with E-state index < -0.39 is 22.9 Å². The van der Waals surface area contributed by atoms with E-state index in [9.17, 15) is 19.7 Å². The first-order valence-corrected chi connectivity index (χ1v) is 9.27. The molecule has 0 aliphatic carbocycles. The van der Waals surface area contributed by atoms with Crippen LogP contribution in [0.15, 0.2) is 47.4 Å². The third-order valence-electron chi connectivity index (χ3n) is 3.61. The number of rotatable bonds is 7. The molecule has 0 radical (unpaired) electrons. The number of halogens is 1. The first-order valence-electron chi connectivity index (χ1n) is 7.91. The molecule has 0 aliphatic rings. The highest BCUT2D eigenvalue weighted by Crippen LogP contribution is 2.28. The van der Waals surface area contributed by atoms with Crippen molar-refractivity contribution in [1.82, 2.24) is 0 Å². The second-order valence-electron chi connectivity index (χ2n) is 5.55. The lowest BCUT2D eigenvalue weighted by molar-refractivity contribution is -0.387. The normalized spacial score (nSPS) is 11.5. The molecule has 1 atom stereocenters. The number of benzene rings is 2. The van der Waals surface area contributed by atoms with E-state index in [4.69, 9.17) is 16.3 Å².